The van der Waals surface area contributed by atoms with Crippen molar-refractivity contribution in [2.45, 2.75) is 19.3 Å². The van der Waals surface area contributed by atoms with Gasteiger partial charge >= 0.3 is 0 Å². The summed E-state index contributed by atoms with van der Waals surface area (Å²) in [6, 6.07) is 64.3. The molecular formula is C47H35N. The molecule has 0 spiro atoms. The SMILES string of the molecule is CC1(C)c2cccc(-c3ccccc3)c2-c2cc(N(c3cccc(-c4ccccc4)c3)c3ccc4ccccc4c3)c3ccccc3c21. The summed E-state index contributed by atoms with van der Waals surface area (Å²) in [6.07, 6.45) is 0. The van der Waals surface area contributed by atoms with Crippen LogP contribution in [0.25, 0.3) is 54.9 Å². The fraction of sp³-hybridized carbons (Fsp3) is 0.0638. The Bertz CT molecular complexity index is 2470. The maximum Gasteiger partial charge on any atom is 0.0546 e. The summed E-state index contributed by atoms with van der Waals surface area (Å²) in [5, 5.41) is 5.01. The Balaban J connectivity index is 1.36. The van der Waals surface area contributed by atoms with Gasteiger partial charge in [-0.05, 0) is 91.0 Å². The molecule has 1 aliphatic carbocycles. The van der Waals surface area contributed by atoms with Gasteiger partial charge in [0, 0.05) is 22.2 Å². The zero-order valence-corrected chi connectivity index (χ0v) is 27.2. The highest BCUT2D eigenvalue weighted by atomic mass is 15.1. The molecule has 0 saturated heterocycles. The van der Waals surface area contributed by atoms with Gasteiger partial charge in [-0.2, -0.15) is 0 Å². The van der Waals surface area contributed by atoms with E-state index in [1.54, 1.807) is 0 Å². The molecule has 8 aromatic carbocycles. The van der Waals surface area contributed by atoms with Crippen molar-refractivity contribution < 1.29 is 0 Å². The summed E-state index contributed by atoms with van der Waals surface area (Å²) in [5.74, 6) is 0. The van der Waals surface area contributed by atoms with Crippen molar-refractivity contribution in [1.82, 2.24) is 0 Å². The van der Waals surface area contributed by atoms with E-state index in [0.29, 0.717) is 0 Å². The minimum Gasteiger partial charge on any atom is -0.310 e. The van der Waals surface area contributed by atoms with E-state index in [4.69, 9.17) is 0 Å². The van der Waals surface area contributed by atoms with Crippen molar-refractivity contribution in [3.05, 3.63) is 187 Å². The fourth-order valence-electron chi connectivity index (χ4n) is 7.97. The third-order valence-corrected chi connectivity index (χ3v) is 10.2. The second-order valence-corrected chi connectivity index (χ2v) is 13.4. The minimum atomic E-state index is -0.158. The third kappa shape index (κ3) is 4.47. The van der Waals surface area contributed by atoms with Gasteiger partial charge in [0.1, 0.15) is 0 Å². The number of fused-ring (bicyclic) bond motifs is 6. The van der Waals surface area contributed by atoms with Crippen LogP contribution in [0.15, 0.2) is 176 Å². The molecular weight excluding hydrogens is 579 g/mol. The first kappa shape index (κ1) is 28.3. The molecule has 0 aliphatic heterocycles. The lowest BCUT2D eigenvalue weighted by Gasteiger charge is -2.30. The topological polar surface area (TPSA) is 3.24 Å². The molecule has 0 heterocycles. The van der Waals surface area contributed by atoms with Crippen molar-refractivity contribution in [2.24, 2.45) is 0 Å². The molecule has 48 heavy (non-hydrogen) atoms. The van der Waals surface area contributed by atoms with Gasteiger partial charge in [0.15, 0.2) is 0 Å². The molecule has 1 aliphatic rings. The van der Waals surface area contributed by atoms with Crippen LogP contribution in [0.1, 0.15) is 25.0 Å². The van der Waals surface area contributed by atoms with Crippen LogP contribution in [0, 0.1) is 0 Å². The second kappa shape index (κ2) is 11.1. The van der Waals surface area contributed by atoms with Gasteiger partial charge in [-0.3, -0.25) is 0 Å². The van der Waals surface area contributed by atoms with Crippen molar-refractivity contribution in [2.75, 3.05) is 4.90 Å². The molecule has 0 N–H and O–H groups in total. The Morgan fingerprint density at radius 3 is 1.83 bits per heavy atom. The molecule has 9 rings (SSSR count). The standard InChI is InChI=1S/C47H35N/c1-47(2)43-26-14-25-39(34-18-7-4-8-19-34)45(43)42-31-44(40-23-11-12-24-41(40)46(42)47)48(38-28-27-33-17-9-10-20-35(33)30-38)37-22-13-21-36(29-37)32-15-5-3-6-16-32/h3-31H,1-2H3. The molecule has 0 saturated carbocycles. The Morgan fingerprint density at radius 2 is 1.04 bits per heavy atom. The number of hydrogen-bond donors (Lipinski definition) is 0. The van der Waals surface area contributed by atoms with E-state index in [1.165, 1.54) is 71.7 Å². The van der Waals surface area contributed by atoms with Crippen molar-refractivity contribution in [1.29, 1.82) is 0 Å². The first-order valence-electron chi connectivity index (χ1n) is 16.8. The molecule has 228 valence electrons. The molecule has 1 nitrogen and oxygen atoms in total. The summed E-state index contributed by atoms with van der Waals surface area (Å²) in [5.41, 5.74) is 13.6. The van der Waals surface area contributed by atoms with Crippen LogP contribution >= 0.6 is 0 Å². The van der Waals surface area contributed by atoms with Crippen LogP contribution in [0.2, 0.25) is 0 Å². The third-order valence-electron chi connectivity index (χ3n) is 10.2. The average molecular weight is 614 g/mol. The number of benzene rings is 8. The first-order valence-corrected chi connectivity index (χ1v) is 16.8. The summed E-state index contributed by atoms with van der Waals surface area (Å²) in [7, 11) is 0. The molecule has 0 bridgehead atoms. The molecule has 0 aromatic heterocycles. The molecule has 0 amide bonds. The van der Waals surface area contributed by atoms with E-state index in [-0.39, 0.29) is 5.41 Å². The maximum atomic E-state index is 2.47. The van der Waals surface area contributed by atoms with Crippen LogP contribution in [0.5, 0.6) is 0 Å². The number of rotatable bonds is 5. The molecule has 8 aromatic rings. The second-order valence-electron chi connectivity index (χ2n) is 13.4. The van der Waals surface area contributed by atoms with E-state index in [1.807, 2.05) is 0 Å². The summed E-state index contributed by atoms with van der Waals surface area (Å²) in [6.45, 7) is 4.78. The Kier molecular flexibility index (Phi) is 6.55. The van der Waals surface area contributed by atoms with E-state index >= 15 is 0 Å². The number of anilines is 3. The van der Waals surface area contributed by atoms with Gasteiger partial charge in [-0.1, -0.05) is 159 Å². The molecule has 0 unspecified atom stereocenters. The highest BCUT2D eigenvalue weighted by molar-refractivity contribution is 6.09. The van der Waals surface area contributed by atoms with Crippen LogP contribution in [-0.4, -0.2) is 0 Å². The van der Waals surface area contributed by atoms with Crippen LogP contribution in [-0.2, 0) is 5.41 Å². The first-order chi connectivity index (χ1) is 23.6. The highest BCUT2D eigenvalue weighted by Gasteiger charge is 2.39. The van der Waals surface area contributed by atoms with Crippen LogP contribution < -0.4 is 4.90 Å². The quantitative estimate of drug-likeness (QED) is 0.187. The van der Waals surface area contributed by atoms with Gasteiger partial charge in [0.25, 0.3) is 0 Å². The van der Waals surface area contributed by atoms with Crippen molar-refractivity contribution in [3.8, 4) is 33.4 Å². The normalized spacial score (nSPS) is 13.0. The minimum absolute atomic E-state index is 0.158. The lowest BCUT2D eigenvalue weighted by Crippen LogP contribution is -2.16. The largest absolute Gasteiger partial charge is 0.310 e. The highest BCUT2D eigenvalue weighted by Crippen LogP contribution is 2.56. The summed E-state index contributed by atoms with van der Waals surface area (Å²) in [4.78, 5) is 2.47. The average Bonchev–Trinajstić information content (AvgIpc) is 3.38. The predicted molar refractivity (Wildman–Crippen MR) is 205 cm³/mol. The Labute approximate surface area is 282 Å². The summed E-state index contributed by atoms with van der Waals surface area (Å²) < 4.78 is 0. The zero-order valence-electron chi connectivity index (χ0n) is 27.2. The number of hydrogen-bond acceptors (Lipinski definition) is 1. The van der Waals surface area contributed by atoms with E-state index in [2.05, 4.69) is 195 Å². The molecule has 1 heteroatoms. The molecule has 0 radical (unpaired) electrons. The van der Waals surface area contributed by atoms with E-state index in [0.717, 1.165) is 11.4 Å². The lowest BCUT2D eigenvalue weighted by atomic mass is 9.79. The molecule has 0 atom stereocenters. The lowest BCUT2D eigenvalue weighted by molar-refractivity contribution is 0.666. The predicted octanol–water partition coefficient (Wildman–Crippen LogP) is 13.1. The Morgan fingerprint density at radius 1 is 0.417 bits per heavy atom. The van der Waals surface area contributed by atoms with Crippen LogP contribution in [0.4, 0.5) is 17.1 Å². The molecule has 0 fully saturated rings. The van der Waals surface area contributed by atoms with E-state index in [9.17, 15) is 0 Å². The zero-order chi connectivity index (χ0) is 32.2. The van der Waals surface area contributed by atoms with Gasteiger partial charge in [-0.15, -0.1) is 0 Å². The maximum absolute atomic E-state index is 2.47. The van der Waals surface area contributed by atoms with Gasteiger partial charge in [0.2, 0.25) is 0 Å². The van der Waals surface area contributed by atoms with Gasteiger partial charge in [-0.25, -0.2) is 0 Å². The fourth-order valence-corrected chi connectivity index (χ4v) is 7.97. The Hall–Kier alpha value is -5.92. The summed E-state index contributed by atoms with van der Waals surface area (Å²) >= 11 is 0. The van der Waals surface area contributed by atoms with E-state index < -0.39 is 0 Å². The van der Waals surface area contributed by atoms with Crippen molar-refractivity contribution >= 4 is 38.6 Å². The monoisotopic (exact) mass is 613 g/mol. The van der Waals surface area contributed by atoms with Crippen LogP contribution in [0.3, 0.4) is 0 Å². The van der Waals surface area contributed by atoms with Gasteiger partial charge in [0.05, 0.1) is 5.69 Å². The number of nitrogens with zero attached hydrogens (tertiary/aromatic N) is 1. The van der Waals surface area contributed by atoms with Crippen molar-refractivity contribution in [3.63, 3.8) is 0 Å². The van der Waals surface area contributed by atoms with Gasteiger partial charge < -0.3 is 4.90 Å². The smallest absolute Gasteiger partial charge is 0.0546 e.